The molecule has 2 bridgehead atoms. The van der Waals surface area contributed by atoms with E-state index in [0.29, 0.717) is 6.54 Å². The van der Waals surface area contributed by atoms with E-state index in [9.17, 15) is 14.4 Å². The van der Waals surface area contributed by atoms with E-state index < -0.39 is 5.91 Å². The second kappa shape index (κ2) is 7.17. The van der Waals surface area contributed by atoms with Crippen LogP contribution in [-0.2, 0) is 20.9 Å². The van der Waals surface area contributed by atoms with Gasteiger partial charge in [0.25, 0.3) is 0 Å². The summed E-state index contributed by atoms with van der Waals surface area (Å²) in [5.74, 6) is -1.09. The minimum Gasteiger partial charge on any atom is -0.370 e. The number of hydrogen-bond acceptors (Lipinski definition) is 3. The van der Waals surface area contributed by atoms with Crippen molar-refractivity contribution in [3.8, 4) is 0 Å². The number of carbonyl (C=O) groups excluding carboxylic acids is 3. The van der Waals surface area contributed by atoms with Crippen molar-refractivity contribution in [2.45, 2.75) is 38.6 Å². The van der Waals surface area contributed by atoms with Crippen LogP contribution in [0.25, 0.3) is 0 Å². The van der Waals surface area contributed by atoms with Crippen molar-refractivity contribution in [3.05, 3.63) is 34.3 Å². The second-order valence-corrected chi connectivity index (χ2v) is 9.50. The molecule has 3 aliphatic rings. The topological polar surface area (TPSA) is 106 Å². The first-order valence-corrected chi connectivity index (χ1v) is 10.7. The molecule has 3 saturated carbocycles. The third kappa shape index (κ3) is 3.23. The molecule has 1 spiro atoms. The van der Waals surface area contributed by atoms with E-state index in [1.807, 2.05) is 24.3 Å². The Morgan fingerprint density at radius 1 is 1.04 bits per heavy atom. The number of nitrogens with two attached hydrogens (primary N) is 2. The van der Waals surface area contributed by atoms with Crippen molar-refractivity contribution in [2.24, 2.45) is 40.6 Å². The van der Waals surface area contributed by atoms with E-state index in [1.54, 1.807) is 4.90 Å². The number of amides is 3. The Labute approximate surface area is 173 Å². The highest BCUT2D eigenvalue weighted by atomic mass is 79.9. The van der Waals surface area contributed by atoms with Gasteiger partial charge in [-0.15, -0.1) is 0 Å². The minimum absolute atomic E-state index is 0.0496. The van der Waals surface area contributed by atoms with Crippen LogP contribution >= 0.6 is 15.9 Å². The van der Waals surface area contributed by atoms with Crippen LogP contribution in [0.1, 0.15) is 37.7 Å². The van der Waals surface area contributed by atoms with Crippen LogP contribution in [-0.4, -0.2) is 29.2 Å². The fourth-order valence-electron chi connectivity index (χ4n) is 5.90. The van der Waals surface area contributed by atoms with Crippen molar-refractivity contribution >= 4 is 33.7 Å². The molecule has 150 valence electrons. The van der Waals surface area contributed by atoms with Gasteiger partial charge in [-0.3, -0.25) is 14.4 Å². The third-order valence-electron chi connectivity index (χ3n) is 7.19. The van der Waals surface area contributed by atoms with Crippen molar-refractivity contribution < 1.29 is 14.4 Å². The van der Waals surface area contributed by atoms with Crippen molar-refractivity contribution in [2.75, 3.05) is 6.54 Å². The molecule has 0 aliphatic heterocycles. The number of primary amides is 2. The zero-order valence-corrected chi connectivity index (χ0v) is 17.4. The smallest absolute Gasteiger partial charge is 0.227 e. The van der Waals surface area contributed by atoms with Crippen LogP contribution in [0.3, 0.4) is 0 Å². The molecule has 0 aromatic heterocycles. The van der Waals surface area contributed by atoms with E-state index in [0.717, 1.165) is 35.7 Å². The molecule has 7 heteroatoms. The maximum absolute atomic E-state index is 13.6. The molecular formula is C21H26BrN3O3. The zero-order chi connectivity index (χ0) is 20.1. The predicted octanol–water partition coefficient (Wildman–Crippen LogP) is 2.19. The van der Waals surface area contributed by atoms with Gasteiger partial charge < -0.3 is 16.4 Å². The second-order valence-electron chi connectivity index (χ2n) is 8.58. The van der Waals surface area contributed by atoms with Gasteiger partial charge in [0.2, 0.25) is 17.7 Å². The molecular weight excluding hydrogens is 422 g/mol. The molecule has 3 aliphatic carbocycles. The van der Waals surface area contributed by atoms with Gasteiger partial charge in [0.15, 0.2) is 0 Å². The summed E-state index contributed by atoms with van der Waals surface area (Å²) in [4.78, 5) is 38.9. The zero-order valence-electron chi connectivity index (χ0n) is 15.8. The number of benzene rings is 1. The van der Waals surface area contributed by atoms with Gasteiger partial charge in [0.05, 0.1) is 11.8 Å². The first-order valence-electron chi connectivity index (χ1n) is 9.94. The Morgan fingerprint density at radius 3 is 2.18 bits per heavy atom. The summed E-state index contributed by atoms with van der Waals surface area (Å²) in [6, 6.07) is 7.75. The van der Waals surface area contributed by atoms with Gasteiger partial charge in [-0.2, -0.15) is 0 Å². The number of halogens is 1. The van der Waals surface area contributed by atoms with E-state index in [2.05, 4.69) is 15.9 Å². The molecule has 0 saturated heterocycles. The summed E-state index contributed by atoms with van der Waals surface area (Å²) in [6.45, 7) is 0.655. The molecule has 1 aromatic carbocycles. The van der Waals surface area contributed by atoms with Crippen LogP contribution in [0.4, 0.5) is 0 Å². The summed E-state index contributed by atoms with van der Waals surface area (Å²) >= 11 is 3.42. The Morgan fingerprint density at radius 2 is 1.64 bits per heavy atom. The Hall–Kier alpha value is -1.89. The normalized spacial score (nSPS) is 29.0. The Balaban J connectivity index is 1.59. The van der Waals surface area contributed by atoms with Gasteiger partial charge in [0.1, 0.15) is 0 Å². The van der Waals surface area contributed by atoms with Gasteiger partial charge >= 0.3 is 0 Å². The SMILES string of the molecule is NC(=O)CCN(Cc1ccc(Br)cc1)C(=O)[C@H]1[C@H](C(N)=O)[C@H]2CC[C@@H]1C21CC1. The number of nitrogens with zero attached hydrogens (tertiary/aromatic N) is 1. The first kappa shape index (κ1) is 19.4. The van der Waals surface area contributed by atoms with Crippen molar-refractivity contribution in [3.63, 3.8) is 0 Å². The largest absolute Gasteiger partial charge is 0.370 e. The maximum Gasteiger partial charge on any atom is 0.227 e. The Kier molecular flexibility index (Phi) is 4.98. The highest BCUT2D eigenvalue weighted by Crippen LogP contribution is 2.74. The number of carbonyl (C=O) groups is 3. The van der Waals surface area contributed by atoms with E-state index in [-0.39, 0.29) is 53.9 Å². The lowest BCUT2D eigenvalue weighted by atomic mass is 9.78. The molecule has 0 unspecified atom stereocenters. The molecule has 28 heavy (non-hydrogen) atoms. The van der Waals surface area contributed by atoms with Gasteiger partial charge in [-0.1, -0.05) is 28.1 Å². The molecule has 6 nitrogen and oxygen atoms in total. The lowest BCUT2D eigenvalue weighted by Gasteiger charge is -2.33. The standard InChI is InChI=1S/C21H26BrN3O3/c22-13-3-1-12(2-4-13)11-25(10-7-16(23)26)20(28)18-15-6-5-14(17(18)19(24)27)21(15)8-9-21/h1-4,14-15,17-18H,5-11H2,(H2,23,26)(H2,24,27)/t14-,15+,17-,18-/m1/s1. The van der Waals surface area contributed by atoms with E-state index >= 15 is 0 Å². The highest BCUT2D eigenvalue weighted by Gasteiger charge is 2.71. The summed E-state index contributed by atoms with van der Waals surface area (Å²) < 4.78 is 0.962. The van der Waals surface area contributed by atoms with Crippen LogP contribution in [0.15, 0.2) is 28.7 Å². The van der Waals surface area contributed by atoms with Crippen molar-refractivity contribution in [1.82, 2.24) is 4.90 Å². The maximum atomic E-state index is 13.6. The fraction of sp³-hybridized carbons (Fsp3) is 0.571. The van der Waals surface area contributed by atoms with E-state index in [1.165, 1.54) is 0 Å². The number of hydrogen-bond donors (Lipinski definition) is 2. The highest BCUT2D eigenvalue weighted by molar-refractivity contribution is 9.10. The van der Waals surface area contributed by atoms with Gasteiger partial charge in [-0.05, 0) is 60.6 Å². The quantitative estimate of drug-likeness (QED) is 0.668. The molecule has 4 atom stereocenters. The lowest BCUT2D eigenvalue weighted by Crippen LogP contribution is -2.45. The summed E-state index contributed by atoms with van der Waals surface area (Å²) in [6.07, 6.45) is 4.30. The first-order chi connectivity index (χ1) is 13.3. The minimum atomic E-state index is -0.438. The van der Waals surface area contributed by atoms with Crippen LogP contribution in [0, 0.1) is 29.1 Å². The van der Waals surface area contributed by atoms with Crippen LogP contribution in [0.5, 0.6) is 0 Å². The molecule has 1 aromatic rings. The molecule has 0 radical (unpaired) electrons. The summed E-state index contributed by atoms with van der Waals surface area (Å²) in [5.41, 5.74) is 12.2. The lowest BCUT2D eigenvalue weighted by molar-refractivity contribution is -0.144. The summed E-state index contributed by atoms with van der Waals surface area (Å²) in [5, 5.41) is 0. The third-order valence-corrected chi connectivity index (χ3v) is 7.72. The summed E-state index contributed by atoms with van der Waals surface area (Å²) in [7, 11) is 0. The van der Waals surface area contributed by atoms with Crippen molar-refractivity contribution in [1.29, 1.82) is 0 Å². The molecule has 3 amide bonds. The average molecular weight is 448 g/mol. The van der Waals surface area contributed by atoms with E-state index in [4.69, 9.17) is 11.5 Å². The molecule has 0 heterocycles. The average Bonchev–Trinajstić information content (AvgIpc) is 3.32. The molecule has 4 rings (SSSR count). The fourth-order valence-corrected chi connectivity index (χ4v) is 6.17. The van der Waals surface area contributed by atoms with Crippen LogP contribution < -0.4 is 11.5 Å². The van der Waals surface area contributed by atoms with Gasteiger partial charge in [-0.25, -0.2) is 0 Å². The van der Waals surface area contributed by atoms with Gasteiger partial charge in [0, 0.05) is 24.0 Å². The molecule has 3 fully saturated rings. The number of rotatable bonds is 7. The Bertz CT molecular complexity index is 806. The monoisotopic (exact) mass is 447 g/mol. The predicted molar refractivity (Wildman–Crippen MR) is 107 cm³/mol. The molecule has 4 N–H and O–H groups in total. The van der Waals surface area contributed by atoms with Crippen LogP contribution in [0.2, 0.25) is 0 Å².